The van der Waals surface area contributed by atoms with Crippen molar-refractivity contribution in [1.82, 2.24) is 14.3 Å². The molecule has 0 spiro atoms. The molecule has 0 saturated carbocycles. The summed E-state index contributed by atoms with van der Waals surface area (Å²) in [5.74, 6) is -0.395. The average molecular weight is 368 g/mol. The summed E-state index contributed by atoms with van der Waals surface area (Å²) in [5.41, 5.74) is 0.270. The van der Waals surface area contributed by atoms with E-state index in [1.165, 1.54) is 16.7 Å². The van der Waals surface area contributed by atoms with E-state index in [2.05, 4.69) is 25.8 Å². The number of imidazole rings is 1. The number of rotatable bonds is 2. The first-order valence-corrected chi connectivity index (χ1v) is 8.86. The van der Waals surface area contributed by atoms with Gasteiger partial charge in [0.05, 0.1) is 11.2 Å². The van der Waals surface area contributed by atoms with Gasteiger partial charge in [0.15, 0.2) is 0 Å². The van der Waals surface area contributed by atoms with Crippen molar-refractivity contribution < 1.29 is 14.3 Å². The highest BCUT2D eigenvalue weighted by atomic mass is 35.5. The molecular weight excluding hydrogens is 345 g/mol. The van der Waals surface area contributed by atoms with Gasteiger partial charge in [-0.15, -0.1) is 0 Å². The van der Waals surface area contributed by atoms with Gasteiger partial charge in [0.2, 0.25) is 0 Å². The van der Waals surface area contributed by atoms with Crippen molar-refractivity contribution in [2.45, 2.75) is 52.0 Å². The van der Waals surface area contributed by atoms with E-state index >= 15 is 0 Å². The van der Waals surface area contributed by atoms with Gasteiger partial charge in [0.1, 0.15) is 16.6 Å². The average Bonchev–Trinajstić information content (AvgIpc) is 2.82. The zero-order valence-corrected chi connectivity index (χ0v) is 15.5. The zero-order valence-electron chi connectivity index (χ0n) is 14.7. The number of halogens is 2. The molecule has 0 aliphatic carbocycles. The largest absolute Gasteiger partial charge is 0.465 e. The van der Waals surface area contributed by atoms with E-state index in [-0.39, 0.29) is 5.41 Å². The molecule has 1 aliphatic heterocycles. The van der Waals surface area contributed by atoms with Gasteiger partial charge in [-0.25, -0.2) is 14.2 Å². The first kappa shape index (κ1) is 18.0. The molecule has 1 N–H and O–H groups in total. The molecule has 136 valence electrons. The molecule has 1 amide bonds. The Labute approximate surface area is 151 Å². The Hall–Kier alpha value is -1.82. The van der Waals surface area contributed by atoms with Gasteiger partial charge >= 0.3 is 6.09 Å². The second-order valence-electron chi connectivity index (χ2n) is 7.77. The highest BCUT2D eigenvalue weighted by Crippen LogP contribution is 2.45. The van der Waals surface area contributed by atoms with E-state index in [0.29, 0.717) is 29.5 Å². The normalized spacial score (nSPS) is 21.7. The van der Waals surface area contributed by atoms with E-state index in [4.69, 9.17) is 11.6 Å². The summed E-state index contributed by atoms with van der Waals surface area (Å²) in [7, 11) is 0. The molecule has 0 bridgehead atoms. The lowest BCUT2D eigenvalue weighted by molar-refractivity contribution is -0.0251. The molecular formula is C18H23ClFN3O2. The lowest BCUT2D eigenvalue weighted by atomic mass is 9.65. The van der Waals surface area contributed by atoms with Crippen LogP contribution in [0.2, 0.25) is 5.15 Å². The van der Waals surface area contributed by atoms with Crippen LogP contribution < -0.4 is 0 Å². The Balaban J connectivity index is 2.10. The number of carboxylic acid groups (broad SMARTS) is 1. The van der Waals surface area contributed by atoms with Crippen LogP contribution in [0.5, 0.6) is 0 Å². The number of hydrogen-bond acceptors (Lipinski definition) is 2. The minimum Gasteiger partial charge on any atom is -0.465 e. The number of amides is 1. The summed E-state index contributed by atoms with van der Waals surface area (Å²) in [5, 5.41) is 10.1. The number of aromatic nitrogens is 2. The highest BCUT2D eigenvalue weighted by molar-refractivity contribution is 6.30. The van der Waals surface area contributed by atoms with Crippen LogP contribution in [-0.4, -0.2) is 37.6 Å². The molecule has 1 fully saturated rings. The summed E-state index contributed by atoms with van der Waals surface area (Å²) in [6.45, 7) is 6.67. The monoisotopic (exact) mass is 367 g/mol. The second-order valence-corrected chi connectivity index (χ2v) is 8.13. The molecule has 1 atom stereocenters. The van der Waals surface area contributed by atoms with Crippen molar-refractivity contribution in [2.24, 2.45) is 5.41 Å². The lowest BCUT2D eigenvalue weighted by Crippen LogP contribution is -2.62. The molecule has 0 radical (unpaired) electrons. The number of carbonyl (C=O) groups is 1. The predicted molar refractivity (Wildman–Crippen MR) is 94.6 cm³/mol. The van der Waals surface area contributed by atoms with E-state index in [1.54, 1.807) is 11.0 Å². The van der Waals surface area contributed by atoms with Crippen LogP contribution in [0.15, 0.2) is 18.3 Å². The van der Waals surface area contributed by atoms with E-state index in [0.717, 1.165) is 19.3 Å². The van der Waals surface area contributed by atoms with Crippen LogP contribution in [0, 0.1) is 11.2 Å². The standard InChI is InChI=1S/C18H23ClFN3O2/c1-17(2,3)18(8-4-5-9-23(18)16(24)25)10-13-15(19)22-11-12(20)6-7-14(22)21-13/h6-7,11H,4-5,8-10H2,1-3H3,(H,24,25)/t18-/m0/s1. The molecule has 5 nitrogen and oxygen atoms in total. The molecule has 7 heteroatoms. The van der Waals surface area contributed by atoms with Crippen LogP contribution in [0.1, 0.15) is 45.7 Å². The lowest BCUT2D eigenvalue weighted by Gasteiger charge is -2.53. The Morgan fingerprint density at radius 2 is 2.12 bits per heavy atom. The third-order valence-electron chi connectivity index (χ3n) is 5.42. The van der Waals surface area contributed by atoms with Crippen molar-refractivity contribution >= 4 is 23.3 Å². The van der Waals surface area contributed by atoms with Gasteiger partial charge in [0.25, 0.3) is 0 Å². The van der Waals surface area contributed by atoms with Crippen molar-refractivity contribution in [3.05, 3.63) is 35.0 Å². The quantitative estimate of drug-likeness (QED) is 0.842. The van der Waals surface area contributed by atoms with Crippen LogP contribution >= 0.6 is 11.6 Å². The van der Waals surface area contributed by atoms with Gasteiger partial charge in [-0.1, -0.05) is 32.4 Å². The second kappa shape index (κ2) is 6.16. The smallest absolute Gasteiger partial charge is 0.407 e. The van der Waals surface area contributed by atoms with Gasteiger partial charge in [-0.3, -0.25) is 4.40 Å². The fourth-order valence-corrected chi connectivity index (χ4v) is 4.22. The molecule has 25 heavy (non-hydrogen) atoms. The Kier molecular flexibility index (Phi) is 4.43. The zero-order chi connectivity index (χ0) is 18.4. The Morgan fingerprint density at radius 3 is 2.76 bits per heavy atom. The molecule has 2 aromatic rings. The van der Waals surface area contributed by atoms with Crippen molar-refractivity contribution in [2.75, 3.05) is 6.54 Å². The summed E-state index contributed by atoms with van der Waals surface area (Å²) in [6.07, 6.45) is 3.36. The third kappa shape index (κ3) is 2.97. The predicted octanol–water partition coefficient (Wildman–Crippen LogP) is 4.62. The summed E-state index contributed by atoms with van der Waals surface area (Å²) >= 11 is 6.46. The van der Waals surface area contributed by atoms with Gasteiger partial charge in [-0.2, -0.15) is 0 Å². The Bertz CT molecular complexity index is 814. The first-order valence-electron chi connectivity index (χ1n) is 8.48. The summed E-state index contributed by atoms with van der Waals surface area (Å²) in [6, 6.07) is 2.91. The summed E-state index contributed by atoms with van der Waals surface area (Å²) < 4.78 is 15.0. The van der Waals surface area contributed by atoms with E-state index in [9.17, 15) is 14.3 Å². The number of pyridine rings is 1. The molecule has 1 aliphatic rings. The minimum absolute atomic E-state index is 0.295. The van der Waals surface area contributed by atoms with E-state index in [1.807, 2.05) is 0 Å². The number of fused-ring (bicyclic) bond motifs is 1. The molecule has 2 aromatic heterocycles. The number of nitrogens with zero attached hydrogens (tertiary/aromatic N) is 3. The topological polar surface area (TPSA) is 57.8 Å². The maximum Gasteiger partial charge on any atom is 0.407 e. The van der Waals surface area contributed by atoms with Crippen LogP contribution in [0.4, 0.5) is 9.18 Å². The van der Waals surface area contributed by atoms with Crippen LogP contribution in [0.3, 0.4) is 0 Å². The molecule has 3 heterocycles. The van der Waals surface area contributed by atoms with Crippen LogP contribution in [0.25, 0.3) is 5.65 Å². The molecule has 0 unspecified atom stereocenters. The third-order valence-corrected chi connectivity index (χ3v) is 5.82. The highest BCUT2D eigenvalue weighted by Gasteiger charge is 2.50. The maximum atomic E-state index is 13.5. The van der Waals surface area contributed by atoms with Crippen molar-refractivity contribution in [1.29, 1.82) is 0 Å². The van der Waals surface area contributed by atoms with E-state index < -0.39 is 17.4 Å². The minimum atomic E-state index is -0.916. The fourth-order valence-electron chi connectivity index (χ4n) is 3.97. The number of hydrogen-bond donors (Lipinski definition) is 1. The maximum absolute atomic E-state index is 13.5. The Morgan fingerprint density at radius 1 is 1.40 bits per heavy atom. The van der Waals surface area contributed by atoms with Gasteiger partial charge < -0.3 is 10.0 Å². The SMILES string of the molecule is CC(C)(C)[C@@]1(Cc2nc3ccc(F)cn3c2Cl)CCCCN1C(=O)O. The summed E-state index contributed by atoms with van der Waals surface area (Å²) in [4.78, 5) is 18.0. The van der Waals surface area contributed by atoms with Crippen molar-refractivity contribution in [3.63, 3.8) is 0 Å². The van der Waals surface area contributed by atoms with Crippen molar-refractivity contribution in [3.8, 4) is 0 Å². The first-order chi connectivity index (χ1) is 11.7. The number of piperidine rings is 1. The fraction of sp³-hybridized carbons (Fsp3) is 0.556. The molecule has 1 saturated heterocycles. The van der Waals surface area contributed by atoms with Gasteiger partial charge in [-0.05, 0) is 36.8 Å². The molecule has 3 rings (SSSR count). The number of likely N-dealkylation sites (tertiary alicyclic amines) is 1. The van der Waals surface area contributed by atoms with Crippen LogP contribution in [-0.2, 0) is 6.42 Å². The van der Waals surface area contributed by atoms with Gasteiger partial charge in [0, 0.05) is 19.2 Å². The molecule has 0 aromatic carbocycles.